The average Bonchev–Trinajstić information content (AvgIpc) is 2.30. The molecule has 16 heavy (non-hydrogen) atoms. The summed E-state index contributed by atoms with van der Waals surface area (Å²) >= 11 is 0. The van der Waals surface area contributed by atoms with Crippen LogP contribution >= 0.6 is 0 Å². The van der Waals surface area contributed by atoms with Crippen LogP contribution < -0.4 is 5.56 Å². The van der Waals surface area contributed by atoms with E-state index < -0.39 is 11.7 Å². The van der Waals surface area contributed by atoms with E-state index in [1.165, 1.54) is 6.07 Å². The molecule has 0 amide bonds. The molecule has 2 aromatic heterocycles. The Morgan fingerprint density at radius 1 is 1.19 bits per heavy atom. The normalized spacial score (nSPS) is 10.0. The molecule has 0 saturated carbocycles. The molecule has 2 rings (SSSR count). The van der Waals surface area contributed by atoms with Gasteiger partial charge in [-0.3, -0.25) is 9.78 Å². The molecule has 0 fully saturated rings. The van der Waals surface area contributed by atoms with E-state index in [0.717, 1.165) is 6.07 Å². The molecule has 0 unspecified atom stereocenters. The van der Waals surface area contributed by atoms with Crippen LogP contribution in [0.2, 0.25) is 0 Å². The highest BCUT2D eigenvalue weighted by Crippen LogP contribution is 2.12. The molecule has 6 nitrogen and oxygen atoms in total. The van der Waals surface area contributed by atoms with Crippen molar-refractivity contribution >= 4 is 6.09 Å². The van der Waals surface area contributed by atoms with E-state index in [9.17, 15) is 9.59 Å². The lowest BCUT2D eigenvalue weighted by Crippen LogP contribution is -2.27. The van der Waals surface area contributed by atoms with Crippen LogP contribution in [0.4, 0.5) is 4.79 Å². The lowest BCUT2D eigenvalue weighted by atomic mass is 10.2. The maximum Gasteiger partial charge on any atom is 0.435 e. The zero-order valence-corrected chi connectivity index (χ0v) is 8.07. The SMILES string of the molecule is O=C(O)n1nc(-c2ccncc2)ccc1=O. The lowest BCUT2D eigenvalue weighted by molar-refractivity contribution is 0.191. The van der Waals surface area contributed by atoms with Gasteiger partial charge in [-0.15, -0.1) is 4.68 Å². The third-order valence-corrected chi connectivity index (χ3v) is 1.96. The molecule has 0 saturated heterocycles. The highest BCUT2D eigenvalue weighted by molar-refractivity contribution is 5.67. The van der Waals surface area contributed by atoms with Crippen LogP contribution in [0.15, 0.2) is 41.5 Å². The van der Waals surface area contributed by atoms with Crippen molar-refractivity contribution in [3.63, 3.8) is 0 Å². The van der Waals surface area contributed by atoms with Crippen LogP contribution in [0.25, 0.3) is 11.3 Å². The molecule has 0 bridgehead atoms. The van der Waals surface area contributed by atoms with Gasteiger partial charge in [-0.1, -0.05) is 0 Å². The molecule has 0 spiro atoms. The Kier molecular flexibility index (Phi) is 2.47. The fourth-order valence-electron chi connectivity index (χ4n) is 1.22. The van der Waals surface area contributed by atoms with Crippen molar-refractivity contribution in [3.8, 4) is 11.3 Å². The summed E-state index contributed by atoms with van der Waals surface area (Å²) in [4.78, 5) is 25.7. The van der Waals surface area contributed by atoms with Gasteiger partial charge in [-0.25, -0.2) is 4.79 Å². The molecule has 0 atom stereocenters. The molecule has 0 aliphatic rings. The summed E-state index contributed by atoms with van der Waals surface area (Å²) < 4.78 is 0.399. The Hall–Kier alpha value is -2.50. The first kappa shape index (κ1) is 10.0. The van der Waals surface area contributed by atoms with Gasteiger partial charge >= 0.3 is 6.09 Å². The molecule has 0 aromatic carbocycles. The summed E-state index contributed by atoms with van der Waals surface area (Å²) in [6.45, 7) is 0. The minimum absolute atomic E-state index is 0.399. The van der Waals surface area contributed by atoms with Crippen molar-refractivity contribution in [2.45, 2.75) is 0 Å². The largest absolute Gasteiger partial charge is 0.463 e. The summed E-state index contributed by atoms with van der Waals surface area (Å²) in [7, 11) is 0. The van der Waals surface area contributed by atoms with Crippen LogP contribution in [0, 0.1) is 0 Å². The Morgan fingerprint density at radius 2 is 1.88 bits per heavy atom. The van der Waals surface area contributed by atoms with Gasteiger partial charge in [0, 0.05) is 24.0 Å². The number of rotatable bonds is 1. The Balaban J connectivity index is 2.57. The number of pyridine rings is 1. The molecular weight excluding hydrogens is 210 g/mol. The minimum atomic E-state index is -1.40. The number of carboxylic acid groups (broad SMARTS) is 1. The Bertz CT molecular complexity index is 577. The van der Waals surface area contributed by atoms with E-state index >= 15 is 0 Å². The van der Waals surface area contributed by atoms with Gasteiger partial charge in [0.2, 0.25) is 0 Å². The molecule has 0 radical (unpaired) electrons. The van der Waals surface area contributed by atoms with Gasteiger partial charge in [0.1, 0.15) is 0 Å². The molecule has 0 aliphatic heterocycles. The third kappa shape index (κ3) is 1.81. The fraction of sp³-hybridized carbons (Fsp3) is 0. The smallest absolute Gasteiger partial charge is 0.435 e. The summed E-state index contributed by atoms with van der Waals surface area (Å²) in [5.74, 6) is 0. The first-order valence-corrected chi connectivity index (χ1v) is 4.42. The Labute approximate surface area is 89.8 Å². The number of carbonyl (C=O) groups is 1. The van der Waals surface area contributed by atoms with E-state index in [1.54, 1.807) is 24.5 Å². The average molecular weight is 217 g/mol. The van der Waals surface area contributed by atoms with Crippen molar-refractivity contribution in [2.24, 2.45) is 0 Å². The number of hydrogen-bond acceptors (Lipinski definition) is 4. The van der Waals surface area contributed by atoms with Gasteiger partial charge < -0.3 is 5.11 Å². The van der Waals surface area contributed by atoms with Crippen molar-refractivity contribution in [2.75, 3.05) is 0 Å². The topological polar surface area (TPSA) is 85.1 Å². The molecule has 0 aliphatic carbocycles. The summed E-state index contributed by atoms with van der Waals surface area (Å²) in [5.41, 5.74) is 0.430. The van der Waals surface area contributed by atoms with E-state index in [1.807, 2.05) is 0 Å². The van der Waals surface area contributed by atoms with Crippen molar-refractivity contribution < 1.29 is 9.90 Å². The van der Waals surface area contributed by atoms with E-state index in [2.05, 4.69) is 10.1 Å². The maximum absolute atomic E-state index is 11.2. The van der Waals surface area contributed by atoms with Gasteiger partial charge in [-0.2, -0.15) is 5.10 Å². The summed E-state index contributed by atoms with van der Waals surface area (Å²) in [5, 5.41) is 12.4. The second-order valence-corrected chi connectivity index (χ2v) is 2.99. The predicted molar refractivity (Wildman–Crippen MR) is 55.2 cm³/mol. The van der Waals surface area contributed by atoms with Gasteiger partial charge in [0.25, 0.3) is 5.56 Å². The van der Waals surface area contributed by atoms with Gasteiger partial charge in [0.15, 0.2) is 0 Å². The molecule has 2 aromatic rings. The highest BCUT2D eigenvalue weighted by atomic mass is 16.4. The zero-order valence-electron chi connectivity index (χ0n) is 8.07. The van der Waals surface area contributed by atoms with Crippen molar-refractivity contribution in [1.82, 2.24) is 14.8 Å². The fourth-order valence-corrected chi connectivity index (χ4v) is 1.22. The van der Waals surface area contributed by atoms with Crippen LogP contribution in [0.1, 0.15) is 0 Å². The third-order valence-electron chi connectivity index (χ3n) is 1.96. The summed E-state index contributed by atoms with van der Waals surface area (Å²) in [6.07, 6.45) is 1.72. The molecule has 6 heteroatoms. The van der Waals surface area contributed by atoms with E-state index in [0.29, 0.717) is 15.9 Å². The number of hydrogen-bond donors (Lipinski definition) is 1. The van der Waals surface area contributed by atoms with Crippen molar-refractivity contribution in [1.29, 1.82) is 0 Å². The van der Waals surface area contributed by atoms with Gasteiger partial charge in [-0.05, 0) is 18.2 Å². The quantitative estimate of drug-likeness (QED) is 0.764. The van der Waals surface area contributed by atoms with Crippen LogP contribution in [0.5, 0.6) is 0 Å². The van der Waals surface area contributed by atoms with E-state index in [4.69, 9.17) is 5.11 Å². The van der Waals surface area contributed by atoms with Crippen molar-refractivity contribution in [3.05, 3.63) is 47.0 Å². The molecule has 80 valence electrons. The second kappa shape index (κ2) is 3.93. The first-order valence-electron chi connectivity index (χ1n) is 4.42. The first-order chi connectivity index (χ1) is 7.68. The Morgan fingerprint density at radius 3 is 2.50 bits per heavy atom. The predicted octanol–water partition coefficient (Wildman–Crippen LogP) is 0.831. The van der Waals surface area contributed by atoms with Gasteiger partial charge in [0.05, 0.1) is 5.69 Å². The van der Waals surface area contributed by atoms with E-state index in [-0.39, 0.29) is 0 Å². The van der Waals surface area contributed by atoms with Crippen LogP contribution in [-0.2, 0) is 0 Å². The van der Waals surface area contributed by atoms with Crippen LogP contribution in [0.3, 0.4) is 0 Å². The maximum atomic E-state index is 11.2. The molecular formula is C10H7N3O3. The highest BCUT2D eigenvalue weighted by Gasteiger charge is 2.07. The monoisotopic (exact) mass is 217 g/mol. The van der Waals surface area contributed by atoms with Crippen LogP contribution in [-0.4, -0.2) is 26.0 Å². The molecule has 2 heterocycles. The zero-order chi connectivity index (χ0) is 11.5. The minimum Gasteiger partial charge on any atom is -0.463 e. The molecule has 1 N–H and O–H groups in total. The lowest BCUT2D eigenvalue weighted by Gasteiger charge is -2.01. The number of aromatic nitrogens is 3. The second-order valence-electron chi connectivity index (χ2n) is 2.99. The standard InChI is InChI=1S/C10H7N3O3/c14-9-2-1-8(12-13(9)10(15)16)7-3-5-11-6-4-7/h1-6H,(H,15,16). The summed E-state index contributed by atoms with van der Waals surface area (Å²) in [6, 6.07) is 5.99. The number of nitrogens with zero attached hydrogens (tertiary/aromatic N) is 3.